The van der Waals surface area contributed by atoms with Crippen molar-refractivity contribution in [2.75, 3.05) is 4.90 Å². The van der Waals surface area contributed by atoms with Crippen LogP contribution in [0.25, 0.3) is 93.9 Å². The molecule has 0 aliphatic rings. The summed E-state index contributed by atoms with van der Waals surface area (Å²) in [6.07, 6.45) is 0. The molecule has 2 nitrogen and oxygen atoms in total. The summed E-state index contributed by atoms with van der Waals surface area (Å²) < 4.78 is 2.40. The molecule has 12 rings (SSSR count). The van der Waals surface area contributed by atoms with Gasteiger partial charge in [0.2, 0.25) is 0 Å². The first-order valence-corrected chi connectivity index (χ1v) is 22.7. The van der Waals surface area contributed by atoms with Crippen molar-refractivity contribution in [3.63, 3.8) is 0 Å². The molecule has 0 radical (unpaired) electrons. The van der Waals surface area contributed by atoms with Gasteiger partial charge in [0, 0.05) is 33.4 Å². The molecule has 0 unspecified atom stereocenters. The topological polar surface area (TPSA) is 8.17 Å². The lowest BCUT2D eigenvalue weighted by atomic mass is 9.92. The average Bonchev–Trinajstić information content (AvgIpc) is 3.74. The van der Waals surface area contributed by atoms with Crippen LogP contribution in [0.5, 0.6) is 0 Å². The maximum Gasteiger partial charge on any atom is 0.0541 e. The van der Waals surface area contributed by atoms with Gasteiger partial charge in [-0.25, -0.2) is 0 Å². The standard InChI is InChI=1S/C64H44N2/c1-4-19-45(20-5-1)53-41-42-54(58-29-11-10-28-57(53)58)48-35-37-50(38-36-48)65(62-32-15-12-27-56(62)46-21-6-2-7-22-46)52-39-40-55(61(44-52)47-23-8-3-9-24-47)49-25-18-26-51(43-49)66-63-33-16-13-30-59(63)60-31-14-17-34-64(60)66/h1-44H. The van der Waals surface area contributed by atoms with Crippen LogP contribution in [0.2, 0.25) is 0 Å². The van der Waals surface area contributed by atoms with Crippen molar-refractivity contribution in [3.8, 4) is 61.3 Å². The van der Waals surface area contributed by atoms with Crippen LogP contribution in [0.3, 0.4) is 0 Å². The van der Waals surface area contributed by atoms with Gasteiger partial charge in [-0.2, -0.15) is 0 Å². The lowest BCUT2D eigenvalue weighted by Gasteiger charge is -2.29. The minimum absolute atomic E-state index is 1.07. The summed E-state index contributed by atoms with van der Waals surface area (Å²) in [4.78, 5) is 2.42. The number of fused-ring (bicyclic) bond motifs is 4. The summed E-state index contributed by atoms with van der Waals surface area (Å²) in [7, 11) is 0. The Morgan fingerprint density at radius 3 is 1.29 bits per heavy atom. The lowest BCUT2D eigenvalue weighted by Crippen LogP contribution is -2.11. The number of hydrogen-bond acceptors (Lipinski definition) is 1. The van der Waals surface area contributed by atoms with Gasteiger partial charge in [-0.1, -0.05) is 212 Å². The smallest absolute Gasteiger partial charge is 0.0541 e. The molecule has 1 heterocycles. The van der Waals surface area contributed by atoms with E-state index in [1.54, 1.807) is 0 Å². The van der Waals surface area contributed by atoms with Gasteiger partial charge in [-0.3, -0.25) is 0 Å². The number of para-hydroxylation sites is 3. The Morgan fingerprint density at radius 2 is 0.682 bits per heavy atom. The van der Waals surface area contributed by atoms with Gasteiger partial charge in [-0.05, 0) is 115 Å². The van der Waals surface area contributed by atoms with Gasteiger partial charge in [0.15, 0.2) is 0 Å². The van der Waals surface area contributed by atoms with E-state index in [0.29, 0.717) is 0 Å². The Kier molecular flexibility index (Phi) is 9.89. The highest BCUT2D eigenvalue weighted by Crippen LogP contribution is 2.45. The second-order valence-electron chi connectivity index (χ2n) is 16.9. The molecule has 310 valence electrons. The first-order chi connectivity index (χ1) is 32.8. The maximum atomic E-state index is 2.42. The molecule has 11 aromatic carbocycles. The zero-order valence-corrected chi connectivity index (χ0v) is 36.3. The van der Waals surface area contributed by atoms with Gasteiger partial charge in [0.1, 0.15) is 0 Å². The number of hydrogen-bond donors (Lipinski definition) is 0. The number of benzene rings is 11. The third-order valence-corrected chi connectivity index (χ3v) is 13.0. The number of aromatic nitrogens is 1. The quantitative estimate of drug-likeness (QED) is 0.141. The van der Waals surface area contributed by atoms with Crippen LogP contribution in [-0.4, -0.2) is 4.57 Å². The van der Waals surface area contributed by atoms with E-state index >= 15 is 0 Å². The number of rotatable bonds is 9. The average molecular weight is 841 g/mol. The predicted molar refractivity (Wildman–Crippen MR) is 280 cm³/mol. The van der Waals surface area contributed by atoms with Crippen molar-refractivity contribution in [2.45, 2.75) is 0 Å². The monoisotopic (exact) mass is 840 g/mol. The van der Waals surface area contributed by atoms with E-state index in [4.69, 9.17) is 0 Å². The van der Waals surface area contributed by atoms with Gasteiger partial charge < -0.3 is 9.47 Å². The van der Waals surface area contributed by atoms with Crippen molar-refractivity contribution in [3.05, 3.63) is 267 Å². The molecule has 0 aliphatic carbocycles. The van der Waals surface area contributed by atoms with Crippen LogP contribution in [0.4, 0.5) is 17.1 Å². The van der Waals surface area contributed by atoms with Gasteiger partial charge >= 0.3 is 0 Å². The summed E-state index contributed by atoms with van der Waals surface area (Å²) >= 11 is 0. The van der Waals surface area contributed by atoms with E-state index in [1.165, 1.54) is 66.0 Å². The molecule has 0 saturated carbocycles. The zero-order chi connectivity index (χ0) is 43.8. The zero-order valence-electron chi connectivity index (χ0n) is 36.3. The number of nitrogens with zero attached hydrogens (tertiary/aromatic N) is 2. The Balaban J connectivity index is 1.02. The fourth-order valence-corrected chi connectivity index (χ4v) is 9.96. The summed E-state index contributed by atoms with van der Waals surface area (Å²) in [5, 5.41) is 5.00. The molecule has 66 heavy (non-hydrogen) atoms. The largest absolute Gasteiger partial charge is 0.310 e. The van der Waals surface area contributed by atoms with E-state index in [1.807, 2.05) is 0 Å². The normalized spacial score (nSPS) is 11.3. The van der Waals surface area contributed by atoms with Gasteiger partial charge in [0.25, 0.3) is 0 Å². The molecular formula is C64H44N2. The SMILES string of the molecule is c1ccc(-c2cc(N(c3ccc(-c4ccc(-c5ccccc5)c5ccccc45)cc3)c3ccccc3-c3ccccc3)ccc2-c2cccc(-n3c4ccccc4c4ccccc43)c2)cc1. The maximum absolute atomic E-state index is 2.42. The summed E-state index contributed by atoms with van der Waals surface area (Å²) in [6.45, 7) is 0. The molecule has 0 N–H and O–H groups in total. The second kappa shape index (κ2) is 16.8. The predicted octanol–water partition coefficient (Wildman–Crippen LogP) is 17.7. The lowest BCUT2D eigenvalue weighted by molar-refractivity contribution is 1.18. The first-order valence-electron chi connectivity index (χ1n) is 22.7. The molecule has 12 aromatic rings. The molecule has 0 spiro atoms. The minimum Gasteiger partial charge on any atom is -0.310 e. The van der Waals surface area contributed by atoms with E-state index < -0.39 is 0 Å². The minimum atomic E-state index is 1.07. The van der Waals surface area contributed by atoms with E-state index in [9.17, 15) is 0 Å². The highest BCUT2D eigenvalue weighted by Gasteiger charge is 2.21. The first kappa shape index (κ1) is 38.9. The van der Waals surface area contributed by atoms with Crippen LogP contribution in [0.15, 0.2) is 267 Å². The molecule has 1 aromatic heterocycles. The van der Waals surface area contributed by atoms with Crippen molar-refractivity contribution in [2.24, 2.45) is 0 Å². The van der Waals surface area contributed by atoms with Crippen LogP contribution >= 0.6 is 0 Å². The summed E-state index contributed by atoms with van der Waals surface area (Å²) in [6, 6.07) is 96.9. The second-order valence-corrected chi connectivity index (χ2v) is 16.9. The molecule has 0 amide bonds. The van der Waals surface area contributed by atoms with E-state index in [2.05, 4.69) is 276 Å². The number of anilines is 3. The van der Waals surface area contributed by atoms with Crippen molar-refractivity contribution >= 4 is 49.6 Å². The van der Waals surface area contributed by atoms with Crippen LogP contribution in [0.1, 0.15) is 0 Å². The van der Waals surface area contributed by atoms with E-state index in [0.717, 1.165) is 45.0 Å². The van der Waals surface area contributed by atoms with Crippen molar-refractivity contribution in [1.29, 1.82) is 0 Å². The van der Waals surface area contributed by atoms with E-state index in [-0.39, 0.29) is 0 Å². The van der Waals surface area contributed by atoms with Crippen molar-refractivity contribution in [1.82, 2.24) is 4.57 Å². The Labute approximate surface area is 385 Å². The molecule has 0 aliphatic heterocycles. The third kappa shape index (κ3) is 6.93. The Bertz CT molecular complexity index is 3630. The van der Waals surface area contributed by atoms with Crippen LogP contribution in [0, 0.1) is 0 Å². The molecule has 0 atom stereocenters. The van der Waals surface area contributed by atoms with Gasteiger partial charge in [-0.15, -0.1) is 0 Å². The molecule has 0 bridgehead atoms. The molecule has 0 saturated heterocycles. The summed E-state index contributed by atoms with van der Waals surface area (Å²) in [5.41, 5.74) is 18.6. The van der Waals surface area contributed by atoms with Gasteiger partial charge in [0.05, 0.1) is 16.7 Å². The molecule has 2 heteroatoms. The Hall–Kier alpha value is -8.72. The molecule has 0 fully saturated rings. The highest BCUT2D eigenvalue weighted by atomic mass is 15.1. The van der Waals surface area contributed by atoms with Crippen LogP contribution < -0.4 is 4.90 Å². The fourth-order valence-electron chi connectivity index (χ4n) is 9.96. The highest BCUT2D eigenvalue weighted by molar-refractivity contribution is 6.09. The Morgan fingerprint density at radius 1 is 0.242 bits per heavy atom. The van der Waals surface area contributed by atoms with Crippen LogP contribution in [-0.2, 0) is 0 Å². The fraction of sp³-hybridized carbons (Fsp3) is 0. The molecular weight excluding hydrogens is 797 g/mol. The summed E-state index contributed by atoms with van der Waals surface area (Å²) in [5.74, 6) is 0. The van der Waals surface area contributed by atoms with Crippen molar-refractivity contribution < 1.29 is 0 Å². The third-order valence-electron chi connectivity index (χ3n) is 13.0.